The number of nitrogens with two attached hydrogens (primary N) is 1. The monoisotopic (exact) mass is 274 g/mol. The highest BCUT2D eigenvalue weighted by atomic mass is 35.5. The summed E-state index contributed by atoms with van der Waals surface area (Å²) >= 11 is 5.79. The van der Waals surface area contributed by atoms with Crippen LogP contribution in [0.25, 0.3) is 0 Å². The van der Waals surface area contributed by atoms with Crippen LogP contribution < -0.4 is 11.1 Å². The summed E-state index contributed by atoms with van der Waals surface area (Å²) in [6, 6.07) is 13.3. The highest BCUT2D eigenvalue weighted by Gasteiger charge is 2.15. The van der Waals surface area contributed by atoms with E-state index in [1.54, 1.807) is 24.3 Å². The van der Waals surface area contributed by atoms with E-state index in [1.165, 1.54) is 18.2 Å². The van der Waals surface area contributed by atoms with E-state index in [4.69, 9.17) is 17.3 Å². The SMILES string of the molecule is NC(=O)c1cc(Cl)ccc1C(=O)Nc1ccccc1. The number of carbonyl (C=O) groups is 2. The van der Waals surface area contributed by atoms with Gasteiger partial charge in [0.2, 0.25) is 5.91 Å². The number of primary amides is 1. The highest BCUT2D eigenvalue weighted by Crippen LogP contribution is 2.17. The second-order valence-corrected chi connectivity index (χ2v) is 4.31. The molecule has 0 radical (unpaired) electrons. The maximum absolute atomic E-state index is 12.1. The minimum Gasteiger partial charge on any atom is -0.366 e. The lowest BCUT2D eigenvalue weighted by Gasteiger charge is -2.08. The van der Waals surface area contributed by atoms with Crippen LogP contribution in [0.5, 0.6) is 0 Å². The Morgan fingerprint density at radius 2 is 1.68 bits per heavy atom. The summed E-state index contributed by atoms with van der Waals surface area (Å²) in [5.74, 6) is -1.10. The topological polar surface area (TPSA) is 72.2 Å². The summed E-state index contributed by atoms with van der Waals surface area (Å²) < 4.78 is 0. The van der Waals surface area contributed by atoms with Gasteiger partial charge in [-0.3, -0.25) is 9.59 Å². The van der Waals surface area contributed by atoms with Crippen LogP contribution in [0.4, 0.5) is 5.69 Å². The summed E-state index contributed by atoms with van der Waals surface area (Å²) in [7, 11) is 0. The lowest BCUT2D eigenvalue weighted by Crippen LogP contribution is -2.20. The second kappa shape index (κ2) is 5.54. The lowest BCUT2D eigenvalue weighted by atomic mass is 10.1. The first-order valence-corrected chi connectivity index (χ1v) is 5.91. The summed E-state index contributed by atoms with van der Waals surface area (Å²) in [6.45, 7) is 0. The minimum atomic E-state index is -0.694. The van der Waals surface area contributed by atoms with E-state index >= 15 is 0 Å². The van der Waals surface area contributed by atoms with Crippen LogP contribution in [0.1, 0.15) is 20.7 Å². The molecule has 2 rings (SSSR count). The number of rotatable bonds is 3. The normalized spacial score (nSPS) is 9.95. The molecule has 0 saturated heterocycles. The van der Waals surface area contributed by atoms with Crippen molar-refractivity contribution in [1.29, 1.82) is 0 Å². The molecule has 4 nitrogen and oxygen atoms in total. The van der Waals surface area contributed by atoms with Crippen LogP contribution in [0.2, 0.25) is 5.02 Å². The first-order valence-electron chi connectivity index (χ1n) is 5.53. The average molecular weight is 275 g/mol. The summed E-state index contributed by atoms with van der Waals surface area (Å²) in [5, 5.41) is 3.04. The van der Waals surface area contributed by atoms with Gasteiger partial charge in [-0.15, -0.1) is 0 Å². The molecule has 0 spiro atoms. The van der Waals surface area contributed by atoms with Crippen molar-refractivity contribution < 1.29 is 9.59 Å². The largest absolute Gasteiger partial charge is 0.366 e. The summed E-state index contributed by atoms with van der Waals surface area (Å²) in [5.41, 5.74) is 6.17. The molecule has 0 fully saturated rings. The molecule has 0 aliphatic heterocycles. The van der Waals surface area contributed by atoms with Gasteiger partial charge in [0, 0.05) is 10.7 Å². The highest BCUT2D eigenvalue weighted by molar-refractivity contribution is 6.31. The number of carbonyl (C=O) groups excluding carboxylic acids is 2. The number of hydrogen-bond donors (Lipinski definition) is 2. The Kier molecular flexibility index (Phi) is 3.82. The molecule has 0 bridgehead atoms. The number of nitrogens with one attached hydrogen (secondary N) is 1. The predicted octanol–water partition coefficient (Wildman–Crippen LogP) is 2.69. The third kappa shape index (κ3) is 3.11. The van der Waals surface area contributed by atoms with E-state index in [1.807, 2.05) is 6.07 Å². The van der Waals surface area contributed by atoms with E-state index in [0.717, 1.165) is 0 Å². The van der Waals surface area contributed by atoms with Crippen LogP contribution in [-0.4, -0.2) is 11.8 Å². The smallest absolute Gasteiger partial charge is 0.256 e. The van der Waals surface area contributed by atoms with Gasteiger partial charge in [-0.25, -0.2) is 0 Å². The summed E-state index contributed by atoms with van der Waals surface area (Å²) in [4.78, 5) is 23.4. The van der Waals surface area contributed by atoms with Crippen LogP contribution in [-0.2, 0) is 0 Å². The third-order valence-corrected chi connectivity index (χ3v) is 2.76. The first kappa shape index (κ1) is 13.1. The van der Waals surface area contributed by atoms with Crippen molar-refractivity contribution in [2.45, 2.75) is 0 Å². The number of para-hydroxylation sites is 1. The van der Waals surface area contributed by atoms with Gasteiger partial charge < -0.3 is 11.1 Å². The standard InChI is InChI=1S/C14H11ClN2O2/c15-9-6-7-11(12(8-9)13(16)18)14(19)17-10-4-2-1-3-5-10/h1-8H,(H2,16,18)(H,17,19). The van der Waals surface area contributed by atoms with Crippen molar-refractivity contribution >= 4 is 29.1 Å². The van der Waals surface area contributed by atoms with E-state index < -0.39 is 11.8 Å². The molecule has 2 aromatic carbocycles. The number of hydrogen-bond acceptors (Lipinski definition) is 2. The van der Waals surface area contributed by atoms with Crippen molar-refractivity contribution in [2.75, 3.05) is 5.32 Å². The third-order valence-electron chi connectivity index (χ3n) is 2.52. The van der Waals surface area contributed by atoms with Gasteiger partial charge in [0.25, 0.3) is 5.91 Å². The molecule has 0 aliphatic rings. The number of halogens is 1. The van der Waals surface area contributed by atoms with Gasteiger partial charge in [-0.2, -0.15) is 0 Å². The Morgan fingerprint density at radius 1 is 1.00 bits per heavy atom. The minimum absolute atomic E-state index is 0.0981. The molecule has 0 saturated carbocycles. The molecule has 2 amide bonds. The second-order valence-electron chi connectivity index (χ2n) is 3.87. The Hall–Kier alpha value is -2.33. The molecule has 2 aromatic rings. The lowest BCUT2D eigenvalue weighted by molar-refractivity contribution is 0.0977. The maximum Gasteiger partial charge on any atom is 0.256 e. The van der Waals surface area contributed by atoms with Crippen molar-refractivity contribution in [2.24, 2.45) is 5.73 Å². The van der Waals surface area contributed by atoms with E-state index in [0.29, 0.717) is 10.7 Å². The van der Waals surface area contributed by atoms with Crippen molar-refractivity contribution in [3.05, 3.63) is 64.7 Å². The molecular weight excluding hydrogens is 264 g/mol. The van der Waals surface area contributed by atoms with Crippen LogP contribution in [0.15, 0.2) is 48.5 Å². The van der Waals surface area contributed by atoms with Crippen LogP contribution in [0.3, 0.4) is 0 Å². The maximum atomic E-state index is 12.1. The molecule has 19 heavy (non-hydrogen) atoms. The van der Waals surface area contributed by atoms with Gasteiger partial charge in [0.1, 0.15) is 0 Å². The number of amides is 2. The fourth-order valence-electron chi connectivity index (χ4n) is 1.64. The van der Waals surface area contributed by atoms with Gasteiger partial charge in [0.05, 0.1) is 11.1 Å². The first-order chi connectivity index (χ1) is 9.08. The van der Waals surface area contributed by atoms with Crippen LogP contribution >= 0.6 is 11.6 Å². The fourth-order valence-corrected chi connectivity index (χ4v) is 1.81. The fraction of sp³-hybridized carbons (Fsp3) is 0. The van der Waals surface area contributed by atoms with E-state index in [-0.39, 0.29) is 11.1 Å². The number of anilines is 1. The Labute approximate surface area is 115 Å². The molecule has 0 unspecified atom stereocenters. The Balaban J connectivity index is 2.31. The average Bonchev–Trinajstić information content (AvgIpc) is 2.39. The zero-order valence-electron chi connectivity index (χ0n) is 9.89. The predicted molar refractivity (Wildman–Crippen MR) is 74.4 cm³/mol. The molecule has 0 aromatic heterocycles. The van der Waals surface area contributed by atoms with Crippen LogP contribution in [0, 0.1) is 0 Å². The van der Waals surface area contributed by atoms with E-state index in [9.17, 15) is 9.59 Å². The molecular formula is C14H11ClN2O2. The van der Waals surface area contributed by atoms with Crippen molar-refractivity contribution in [3.8, 4) is 0 Å². The zero-order valence-corrected chi connectivity index (χ0v) is 10.6. The Morgan fingerprint density at radius 3 is 2.32 bits per heavy atom. The van der Waals surface area contributed by atoms with Gasteiger partial charge in [0.15, 0.2) is 0 Å². The van der Waals surface area contributed by atoms with E-state index in [2.05, 4.69) is 5.32 Å². The summed E-state index contributed by atoms with van der Waals surface area (Å²) in [6.07, 6.45) is 0. The van der Waals surface area contributed by atoms with Crippen molar-refractivity contribution in [3.63, 3.8) is 0 Å². The molecule has 96 valence electrons. The molecule has 5 heteroatoms. The van der Waals surface area contributed by atoms with Gasteiger partial charge >= 0.3 is 0 Å². The molecule has 0 aliphatic carbocycles. The van der Waals surface area contributed by atoms with Gasteiger partial charge in [-0.1, -0.05) is 29.8 Å². The van der Waals surface area contributed by atoms with Gasteiger partial charge in [-0.05, 0) is 30.3 Å². The quantitative estimate of drug-likeness (QED) is 0.903. The van der Waals surface area contributed by atoms with Crippen molar-refractivity contribution in [1.82, 2.24) is 0 Å². The Bertz CT molecular complexity index is 627. The molecule has 3 N–H and O–H groups in total. The molecule has 0 heterocycles. The number of benzene rings is 2. The zero-order chi connectivity index (χ0) is 13.8. The molecule has 0 atom stereocenters.